The van der Waals surface area contributed by atoms with Gasteiger partial charge in [-0.2, -0.15) is 0 Å². The molecule has 90 valence electrons. The minimum absolute atomic E-state index is 0.538. The molecule has 0 aromatic heterocycles. The van der Waals surface area contributed by atoms with Gasteiger partial charge < -0.3 is 0 Å². The molecule has 1 atom stereocenters. The second-order valence-electron chi connectivity index (χ2n) is 4.51. The fourth-order valence-corrected chi connectivity index (χ4v) is 4.25. The summed E-state index contributed by atoms with van der Waals surface area (Å²) in [5.74, 6) is 0.538. The zero-order valence-electron chi connectivity index (χ0n) is 9.74. The lowest BCUT2D eigenvalue weighted by atomic mass is 9.94. The fraction of sp³-hybridized carbons (Fsp3) is 0.125. The Morgan fingerprint density at radius 2 is 1.67 bits per heavy atom. The predicted molar refractivity (Wildman–Crippen MR) is 94.0 cm³/mol. The average Bonchev–Trinajstić information content (AvgIpc) is 2.69. The minimum Gasteiger partial charge on any atom is -0.0622 e. The largest absolute Gasteiger partial charge is 0.0622 e. The van der Waals surface area contributed by atoms with Crippen molar-refractivity contribution >= 4 is 51.3 Å². The molecule has 0 saturated heterocycles. The fourth-order valence-electron chi connectivity index (χ4n) is 2.48. The molecule has 0 bridgehead atoms. The van der Waals surface area contributed by atoms with Crippen molar-refractivity contribution in [3.8, 4) is 0 Å². The van der Waals surface area contributed by atoms with E-state index in [2.05, 4.69) is 99.8 Å². The number of allylic oxidation sites excluding steroid dienone is 1. The van der Waals surface area contributed by atoms with Crippen LogP contribution in [0.2, 0.25) is 0 Å². The highest BCUT2D eigenvalue weighted by Gasteiger charge is 2.25. The molecule has 2 heteroatoms. The topological polar surface area (TPSA) is 0 Å². The van der Waals surface area contributed by atoms with Crippen LogP contribution >= 0.6 is 45.2 Å². The third-order valence-electron chi connectivity index (χ3n) is 3.34. The first kappa shape index (κ1) is 12.7. The minimum atomic E-state index is 0.538. The maximum absolute atomic E-state index is 2.49. The smallest absolute Gasteiger partial charge is 0.0204 e. The molecule has 0 nitrogen and oxygen atoms in total. The molecule has 1 unspecified atom stereocenters. The van der Waals surface area contributed by atoms with Crippen molar-refractivity contribution in [2.24, 2.45) is 0 Å². The summed E-state index contributed by atoms with van der Waals surface area (Å²) in [6.45, 7) is 0. The van der Waals surface area contributed by atoms with E-state index in [0.29, 0.717) is 5.92 Å². The van der Waals surface area contributed by atoms with Gasteiger partial charge in [-0.1, -0.05) is 42.5 Å². The van der Waals surface area contributed by atoms with Crippen LogP contribution in [0.5, 0.6) is 0 Å². The molecule has 0 N–H and O–H groups in total. The van der Waals surface area contributed by atoms with Crippen molar-refractivity contribution in [1.82, 2.24) is 0 Å². The summed E-state index contributed by atoms with van der Waals surface area (Å²) in [6, 6.07) is 17.3. The Labute approximate surface area is 135 Å². The van der Waals surface area contributed by atoms with Gasteiger partial charge in [0.1, 0.15) is 0 Å². The Balaban J connectivity index is 1.98. The summed E-state index contributed by atoms with van der Waals surface area (Å²) < 4.78 is 2.84. The Bertz CT molecular complexity index is 600. The van der Waals surface area contributed by atoms with Gasteiger partial charge in [-0.15, -0.1) is 0 Å². The Morgan fingerprint density at radius 1 is 0.889 bits per heavy atom. The Kier molecular flexibility index (Phi) is 3.75. The normalized spacial score (nSPS) is 17.4. The molecule has 2 aromatic rings. The van der Waals surface area contributed by atoms with Crippen LogP contribution in [0.15, 0.2) is 52.1 Å². The summed E-state index contributed by atoms with van der Waals surface area (Å²) in [5, 5.41) is 0. The van der Waals surface area contributed by atoms with Crippen molar-refractivity contribution in [2.75, 3.05) is 0 Å². The third-order valence-corrected chi connectivity index (χ3v) is 5.35. The lowest BCUT2D eigenvalue weighted by molar-refractivity contribution is 0.840. The SMILES string of the molecule is IC1=Cc2cccc(I)c2C1Cc1ccccc1. The monoisotopic (exact) mass is 458 g/mol. The van der Waals surface area contributed by atoms with Gasteiger partial charge in [0.25, 0.3) is 0 Å². The van der Waals surface area contributed by atoms with Gasteiger partial charge in [0, 0.05) is 9.49 Å². The van der Waals surface area contributed by atoms with Crippen LogP contribution in [0.25, 0.3) is 6.08 Å². The van der Waals surface area contributed by atoms with Crippen LogP contribution in [-0.2, 0) is 6.42 Å². The van der Waals surface area contributed by atoms with Gasteiger partial charge in [0.05, 0.1) is 0 Å². The highest BCUT2D eigenvalue weighted by atomic mass is 127. The number of hydrogen-bond donors (Lipinski definition) is 0. The molecule has 0 heterocycles. The van der Waals surface area contributed by atoms with E-state index in [1.54, 1.807) is 0 Å². The number of hydrogen-bond acceptors (Lipinski definition) is 0. The van der Waals surface area contributed by atoms with E-state index in [9.17, 15) is 0 Å². The number of fused-ring (bicyclic) bond motifs is 1. The summed E-state index contributed by atoms with van der Waals surface area (Å²) in [4.78, 5) is 0. The zero-order chi connectivity index (χ0) is 12.5. The highest BCUT2D eigenvalue weighted by Crippen LogP contribution is 2.43. The maximum atomic E-state index is 2.49. The van der Waals surface area contributed by atoms with Crippen LogP contribution in [-0.4, -0.2) is 0 Å². The van der Waals surface area contributed by atoms with Crippen molar-refractivity contribution in [3.05, 3.63) is 72.4 Å². The second kappa shape index (κ2) is 5.33. The van der Waals surface area contributed by atoms with Crippen molar-refractivity contribution in [2.45, 2.75) is 12.3 Å². The number of rotatable bonds is 2. The molecule has 0 fully saturated rings. The van der Waals surface area contributed by atoms with E-state index in [0.717, 1.165) is 6.42 Å². The molecule has 0 radical (unpaired) electrons. The lowest BCUT2D eigenvalue weighted by Gasteiger charge is -2.15. The van der Waals surface area contributed by atoms with E-state index in [4.69, 9.17) is 0 Å². The molecule has 1 aliphatic carbocycles. The molecule has 3 rings (SSSR count). The second-order valence-corrected chi connectivity index (χ2v) is 6.92. The van der Waals surface area contributed by atoms with Gasteiger partial charge in [-0.25, -0.2) is 0 Å². The molecule has 2 aromatic carbocycles. The number of benzene rings is 2. The van der Waals surface area contributed by atoms with E-state index in [-0.39, 0.29) is 0 Å². The van der Waals surface area contributed by atoms with Crippen LogP contribution < -0.4 is 0 Å². The summed E-state index contributed by atoms with van der Waals surface area (Å²) in [5.41, 5.74) is 4.32. The molecule has 0 aliphatic heterocycles. The first-order valence-corrected chi connectivity index (χ1v) is 8.11. The molecule has 0 spiro atoms. The van der Waals surface area contributed by atoms with Crippen LogP contribution in [0.4, 0.5) is 0 Å². The lowest BCUT2D eigenvalue weighted by Crippen LogP contribution is -2.02. The van der Waals surface area contributed by atoms with E-state index < -0.39 is 0 Å². The summed E-state index contributed by atoms with van der Waals surface area (Å²) in [7, 11) is 0. The summed E-state index contributed by atoms with van der Waals surface area (Å²) >= 11 is 4.95. The van der Waals surface area contributed by atoms with Crippen molar-refractivity contribution in [1.29, 1.82) is 0 Å². The van der Waals surface area contributed by atoms with Crippen LogP contribution in [0.1, 0.15) is 22.6 Å². The molecular formula is C16H12I2. The predicted octanol–water partition coefficient (Wildman–Crippen LogP) is 5.41. The number of halogens is 2. The first-order chi connectivity index (χ1) is 8.75. The Hall–Kier alpha value is -0.360. The van der Waals surface area contributed by atoms with Gasteiger partial charge in [0.15, 0.2) is 0 Å². The van der Waals surface area contributed by atoms with E-state index in [1.807, 2.05) is 0 Å². The summed E-state index contributed by atoms with van der Waals surface area (Å²) in [6.07, 6.45) is 3.42. The first-order valence-electron chi connectivity index (χ1n) is 5.95. The van der Waals surface area contributed by atoms with Gasteiger partial charge in [-0.05, 0) is 84.0 Å². The maximum Gasteiger partial charge on any atom is 0.0204 e. The average molecular weight is 458 g/mol. The van der Waals surface area contributed by atoms with Gasteiger partial charge >= 0.3 is 0 Å². The Morgan fingerprint density at radius 3 is 2.44 bits per heavy atom. The van der Waals surface area contributed by atoms with E-state index >= 15 is 0 Å². The molecule has 0 saturated carbocycles. The van der Waals surface area contributed by atoms with Crippen LogP contribution in [0, 0.1) is 3.57 Å². The standard InChI is InChI=1S/C16H12I2/c17-14-8-4-7-12-10-15(18)13(16(12)14)9-11-5-2-1-3-6-11/h1-8,10,13H,9H2. The molecule has 18 heavy (non-hydrogen) atoms. The molecule has 1 aliphatic rings. The van der Waals surface area contributed by atoms with Crippen molar-refractivity contribution < 1.29 is 0 Å². The van der Waals surface area contributed by atoms with Gasteiger partial charge in [-0.3, -0.25) is 0 Å². The quantitative estimate of drug-likeness (QED) is 0.529. The van der Waals surface area contributed by atoms with E-state index in [1.165, 1.54) is 23.8 Å². The molecule has 0 amide bonds. The van der Waals surface area contributed by atoms with Crippen LogP contribution in [0.3, 0.4) is 0 Å². The zero-order valence-corrected chi connectivity index (χ0v) is 14.1. The third kappa shape index (κ3) is 2.37. The van der Waals surface area contributed by atoms with Gasteiger partial charge in [0.2, 0.25) is 0 Å². The molecular weight excluding hydrogens is 446 g/mol. The van der Waals surface area contributed by atoms with Crippen molar-refractivity contribution in [3.63, 3.8) is 0 Å². The highest BCUT2D eigenvalue weighted by molar-refractivity contribution is 14.1.